The molecule has 2 N–H and O–H groups in total. The van der Waals surface area contributed by atoms with Gasteiger partial charge < -0.3 is 10.6 Å². The maximum Gasteiger partial charge on any atom is 0.251 e. The first-order valence-corrected chi connectivity index (χ1v) is 7.74. The molecular weight excluding hydrogens is 312 g/mol. The van der Waals surface area contributed by atoms with Crippen LogP contribution in [0.1, 0.15) is 28.4 Å². The van der Waals surface area contributed by atoms with Gasteiger partial charge in [-0.15, -0.1) is 0 Å². The average molecular weight is 331 g/mol. The van der Waals surface area contributed by atoms with Crippen molar-refractivity contribution in [3.05, 3.63) is 70.2 Å². The average Bonchev–Trinajstić information content (AvgIpc) is 2.53. The second-order valence-electron chi connectivity index (χ2n) is 5.37. The highest BCUT2D eigenvalue weighted by Gasteiger charge is 2.16. The largest absolute Gasteiger partial charge is 0.350 e. The predicted molar refractivity (Wildman–Crippen MR) is 91.4 cm³/mol. The zero-order valence-corrected chi connectivity index (χ0v) is 13.9. The van der Waals surface area contributed by atoms with E-state index in [1.54, 1.807) is 25.1 Å². The molecule has 2 amide bonds. The molecule has 2 rings (SSSR count). The van der Waals surface area contributed by atoms with Crippen molar-refractivity contribution in [2.24, 2.45) is 0 Å². The predicted octanol–water partition coefficient (Wildman–Crippen LogP) is 3.08. The smallest absolute Gasteiger partial charge is 0.251 e. The normalized spacial score (nSPS) is 11.6. The van der Waals surface area contributed by atoms with Crippen molar-refractivity contribution in [1.29, 1.82) is 0 Å². The Labute approximate surface area is 140 Å². The molecule has 0 unspecified atom stereocenters. The van der Waals surface area contributed by atoms with E-state index < -0.39 is 6.04 Å². The lowest BCUT2D eigenvalue weighted by molar-refractivity contribution is -0.122. The third-order valence-corrected chi connectivity index (χ3v) is 3.80. The van der Waals surface area contributed by atoms with E-state index in [0.717, 1.165) is 11.1 Å². The second-order valence-corrected chi connectivity index (χ2v) is 5.78. The Balaban J connectivity index is 1.90. The van der Waals surface area contributed by atoms with E-state index in [9.17, 15) is 9.59 Å². The van der Waals surface area contributed by atoms with Crippen LogP contribution in [0.4, 0.5) is 0 Å². The van der Waals surface area contributed by atoms with Crippen LogP contribution in [-0.4, -0.2) is 17.9 Å². The summed E-state index contributed by atoms with van der Waals surface area (Å²) in [7, 11) is 0. The lowest BCUT2D eigenvalue weighted by Gasteiger charge is -2.15. The summed E-state index contributed by atoms with van der Waals surface area (Å²) in [6.07, 6.45) is 0. The van der Waals surface area contributed by atoms with E-state index in [1.807, 2.05) is 37.3 Å². The standard InChI is InChI=1S/C18H19ClN2O2/c1-12-6-5-8-14(10-12)18(23)21-13(2)17(22)20-11-15-7-3-4-9-16(15)19/h3-10,13H,11H2,1-2H3,(H,20,22)(H,21,23)/t13-/m0/s1. The van der Waals surface area contributed by atoms with Gasteiger partial charge in [-0.05, 0) is 37.6 Å². The minimum atomic E-state index is -0.634. The van der Waals surface area contributed by atoms with Gasteiger partial charge in [0.25, 0.3) is 5.91 Å². The molecule has 0 bridgehead atoms. The summed E-state index contributed by atoms with van der Waals surface area (Å²) in [6.45, 7) is 3.88. The van der Waals surface area contributed by atoms with E-state index in [2.05, 4.69) is 10.6 Å². The number of hydrogen-bond donors (Lipinski definition) is 2. The molecule has 0 saturated heterocycles. The molecule has 0 aliphatic rings. The molecule has 0 saturated carbocycles. The number of hydrogen-bond acceptors (Lipinski definition) is 2. The van der Waals surface area contributed by atoms with Crippen molar-refractivity contribution >= 4 is 23.4 Å². The number of carbonyl (C=O) groups is 2. The van der Waals surface area contributed by atoms with Crippen molar-refractivity contribution in [3.8, 4) is 0 Å². The molecule has 0 fully saturated rings. The van der Waals surface area contributed by atoms with Crippen LogP contribution in [-0.2, 0) is 11.3 Å². The van der Waals surface area contributed by atoms with E-state index >= 15 is 0 Å². The van der Waals surface area contributed by atoms with Crippen LogP contribution in [0.25, 0.3) is 0 Å². The second kappa shape index (κ2) is 7.79. The van der Waals surface area contributed by atoms with Gasteiger partial charge in [-0.3, -0.25) is 9.59 Å². The van der Waals surface area contributed by atoms with Crippen LogP contribution in [0.5, 0.6) is 0 Å². The number of rotatable bonds is 5. The van der Waals surface area contributed by atoms with Gasteiger partial charge in [0.15, 0.2) is 0 Å². The third kappa shape index (κ3) is 4.83. The van der Waals surface area contributed by atoms with Crippen molar-refractivity contribution in [1.82, 2.24) is 10.6 Å². The van der Waals surface area contributed by atoms with Gasteiger partial charge in [0.05, 0.1) is 0 Å². The molecule has 0 spiro atoms. The van der Waals surface area contributed by atoms with Crippen LogP contribution in [0.2, 0.25) is 5.02 Å². The summed E-state index contributed by atoms with van der Waals surface area (Å²) < 4.78 is 0. The summed E-state index contributed by atoms with van der Waals surface area (Å²) in [6, 6.07) is 13.9. The summed E-state index contributed by atoms with van der Waals surface area (Å²) in [5, 5.41) is 6.06. The quantitative estimate of drug-likeness (QED) is 0.885. The summed E-state index contributed by atoms with van der Waals surface area (Å²) in [5.74, 6) is -0.528. The lowest BCUT2D eigenvalue weighted by atomic mass is 10.1. The topological polar surface area (TPSA) is 58.2 Å². The zero-order valence-electron chi connectivity index (χ0n) is 13.1. The first kappa shape index (κ1) is 17.0. The molecule has 4 nitrogen and oxygen atoms in total. The molecule has 2 aromatic carbocycles. The molecule has 0 heterocycles. The first-order chi connectivity index (χ1) is 11.0. The summed E-state index contributed by atoms with van der Waals surface area (Å²) in [4.78, 5) is 24.2. The maximum atomic E-state index is 12.1. The van der Waals surface area contributed by atoms with E-state index in [-0.39, 0.29) is 11.8 Å². The summed E-state index contributed by atoms with van der Waals surface area (Å²) >= 11 is 6.05. The van der Waals surface area contributed by atoms with Crippen molar-refractivity contribution in [2.75, 3.05) is 0 Å². The molecule has 0 aliphatic carbocycles. The Morgan fingerprint density at radius 1 is 1.13 bits per heavy atom. The van der Waals surface area contributed by atoms with Crippen LogP contribution in [0, 0.1) is 6.92 Å². The number of carbonyl (C=O) groups excluding carboxylic acids is 2. The van der Waals surface area contributed by atoms with Gasteiger partial charge in [-0.2, -0.15) is 0 Å². The Morgan fingerprint density at radius 3 is 2.57 bits per heavy atom. The van der Waals surface area contributed by atoms with Gasteiger partial charge >= 0.3 is 0 Å². The van der Waals surface area contributed by atoms with Crippen LogP contribution >= 0.6 is 11.6 Å². The molecule has 0 aromatic heterocycles. The fourth-order valence-corrected chi connectivity index (χ4v) is 2.31. The third-order valence-electron chi connectivity index (χ3n) is 3.43. The van der Waals surface area contributed by atoms with Gasteiger partial charge in [0, 0.05) is 17.1 Å². The minimum Gasteiger partial charge on any atom is -0.350 e. The van der Waals surface area contributed by atoms with Gasteiger partial charge in [-0.25, -0.2) is 0 Å². The lowest BCUT2D eigenvalue weighted by Crippen LogP contribution is -2.44. The molecule has 0 radical (unpaired) electrons. The van der Waals surface area contributed by atoms with Crippen molar-refractivity contribution < 1.29 is 9.59 Å². The Hall–Kier alpha value is -2.33. The Morgan fingerprint density at radius 2 is 1.87 bits per heavy atom. The molecule has 2 aromatic rings. The molecule has 5 heteroatoms. The molecule has 0 aliphatic heterocycles. The highest BCUT2D eigenvalue weighted by atomic mass is 35.5. The zero-order chi connectivity index (χ0) is 16.8. The number of benzene rings is 2. The number of halogens is 1. The summed E-state index contributed by atoms with van der Waals surface area (Å²) in [5.41, 5.74) is 2.36. The monoisotopic (exact) mass is 330 g/mol. The van der Waals surface area contributed by atoms with Crippen LogP contribution < -0.4 is 10.6 Å². The van der Waals surface area contributed by atoms with Crippen LogP contribution in [0.15, 0.2) is 48.5 Å². The van der Waals surface area contributed by atoms with Crippen molar-refractivity contribution in [3.63, 3.8) is 0 Å². The highest BCUT2D eigenvalue weighted by Crippen LogP contribution is 2.14. The number of nitrogens with one attached hydrogen (secondary N) is 2. The van der Waals surface area contributed by atoms with Gasteiger partial charge in [-0.1, -0.05) is 47.5 Å². The molecule has 23 heavy (non-hydrogen) atoms. The molecular formula is C18H19ClN2O2. The highest BCUT2D eigenvalue weighted by molar-refractivity contribution is 6.31. The SMILES string of the molecule is Cc1cccc(C(=O)N[C@@H](C)C(=O)NCc2ccccc2Cl)c1. The Kier molecular flexibility index (Phi) is 5.77. The van der Waals surface area contributed by atoms with Crippen molar-refractivity contribution in [2.45, 2.75) is 26.4 Å². The van der Waals surface area contributed by atoms with Crippen LogP contribution in [0.3, 0.4) is 0 Å². The first-order valence-electron chi connectivity index (χ1n) is 7.36. The number of amides is 2. The number of aryl methyl sites for hydroxylation is 1. The fraction of sp³-hybridized carbons (Fsp3) is 0.222. The minimum absolute atomic E-state index is 0.258. The molecule has 1 atom stereocenters. The van der Waals surface area contributed by atoms with Gasteiger partial charge in [0.1, 0.15) is 6.04 Å². The van der Waals surface area contributed by atoms with E-state index in [0.29, 0.717) is 17.1 Å². The van der Waals surface area contributed by atoms with E-state index in [4.69, 9.17) is 11.6 Å². The maximum absolute atomic E-state index is 12.1. The molecule has 120 valence electrons. The Bertz CT molecular complexity index is 716. The van der Waals surface area contributed by atoms with Gasteiger partial charge in [0.2, 0.25) is 5.91 Å². The fourth-order valence-electron chi connectivity index (χ4n) is 2.11. The van der Waals surface area contributed by atoms with E-state index in [1.165, 1.54) is 0 Å².